The van der Waals surface area contributed by atoms with Crippen molar-refractivity contribution in [2.24, 2.45) is 0 Å². The van der Waals surface area contributed by atoms with Crippen molar-refractivity contribution < 1.29 is 4.79 Å². The Morgan fingerprint density at radius 1 is 0.875 bits per heavy atom. The Balaban J connectivity index is 2.49. The molecule has 0 saturated carbocycles. The number of hydrogen-bond acceptors (Lipinski definition) is 4. The summed E-state index contributed by atoms with van der Waals surface area (Å²) in [5, 5.41) is 2.68. The Hall–Kier alpha value is -4.01. The van der Waals surface area contributed by atoms with Crippen LogP contribution < -0.4 is 22.5 Å². The Morgan fingerprint density at radius 2 is 1.38 bits per heavy atom. The lowest BCUT2D eigenvalue weighted by atomic mass is 10.0. The first kappa shape index (κ1) is 16.4. The lowest BCUT2D eigenvalue weighted by Crippen LogP contribution is -2.15. The van der Waals surface area contributed by atoms with Gasteiger partial charge in [0.25, 0.3) is 5.91 Å². The van der Waals surface area contributed by atoms with Gasteiger partial charge < -0.3 is 22.5 Å². The minimum Gasteiger partial charge on any atom is -0.397 e. The number of rotatable bonds is 2. The number of anilines is 4. The van der Waals surface area contributed by atoms with E-state index in [0.717, 1.165) is 0 Å². The van der Waals surface area contributed by atoms with Crippen LogP contribution in [0.4, 0.5) is 22.7 Å². The highest BCUT2D eigenvalue weighted by Gasteiger charge is 2.15. The summed E-state index contributed by atoms with van der Waals surface area (Å²) in [6, 6.07) is 6.01. The van der Waals surface area contributed by atoms with Crippen molar-refractivity contribution >= 4 is 28.7 Å². The van der Waals surface area contributed by atoms with Gasteiger partial charge >= 0.3 is 0 Å². The zero-order chi connectivity index (χ0) is 17.9. The monoisotopic (exact) mass is 314 g/mol. The highest BCUT2D eigenvalue weighted by molar-refractivity contribution is 6.07. The van der Waals surface area contributed by atoms with Crippen LogP contribution in [0.2, 0.25) is 0 Å². The molecule has 0 aliphatic heterocycles. The molecule has 116 valence electrons. The minimum atomic E-state index is -0.477. The predicted octanol–water partition coefficient (Wildman–Crippen LogP) is 1.63. The summed E-state index contributed by atoms with van der Waals surface area (Å²) in [5.41, 5.74) is 19.6. The third kappa shape index (κ3) is 2.95. The molecule has 0 atom stereocenters. The Kier molecular flexibility index (Phi) is 4.36. The second kappa shape index (κ2) is 6.40. The lowest BCUT2D eigenvalue weighted by Gasteiger charge is -2.13. The zero-order valence-electron chi connectivity index (χ0n) is 12.7. The van der Waals surface area contributed by atoms with Crippen molar-refractivity contribution in [3.63, 3.8) is 0 Å². The van der Waals surface area contributed by atoms with E-state index in [9.17, 15) is 4.79 Å². The molecule has 5 nitrogen and oxygen atoms in total. The second-order valence-corrected chi connectivity index (χ2v) is 4.90. The molecule has 1 amide bonds. The maximum atomic E-state index is 12.5. The van der Waals surface area contributed by atoms with Crippen molar-refractivity contribution in [3.05, 3.63) is 46.5 Å². The first-order chi connectivity index (χ1) is 11.4. The number of nitrogens with one attached hydrogen (secondary N) is 1. The second-order valence-electron chi connectivity index (χ2n) is 4.90. The molecule has 0 aromatic heterocycles. The molecule has 2 aromatic carbocycles. The van der Waals surface area contributed by atoms with Crippen LogP contribution in [0.15, 0.2) is 24.3 Å². The van der Waals surface area contributed by atoms with Crippen molar-refractivity contribution in [1.29, 1.82) is 0 Å². The topological polar surface area (TPSA) is 107 Å². The van der Waals surface area contributed by atoms with Crippen molar-refractivity contribution in [1.82, 2.24) is 0 Å². The molecule has 0 saturated heterocycles. The maximum absolute atomic E-state index is 12.5. The van der Waals surface area contributed by atoms with Crippen molar-refractivity contribution in [2.75, 3.05) is 22.5 Å². The van der Waals surface area contributed by atoms with E-state index in [0.29, 0.717) is 22.4 Å². The summed E-state index contributed by atoms with van der Waals surface area (Å²) < 4.78 is 0. The van der Waals surface area contributed by atoms with Gasteiger partial charge in [-0.3, -0.25) is 4.79 Å². The van der Waals surface area contributed by atoms with Gasteiger partial charge in [-0.25, -0.2) is 0 Å². The van der Waals surface area contributed by atoms with Gasteiger partial charge in [0.1, 0.15) is 0 Å². The number of amides is 1. The van der Waals surface area contributed by atoms with Crippen LogP contribution in [0, 0.1) is 37.0 Å². The van der Waals surface area contributed by atoms with Gasteiger partial charge in [-0.15, -0.1) is 19.3 Å². The fourth-order valence-electron chi connectivity index (χ4n) is 2.10. The van der Waals surface area contributed by atoms with E-state index in [1.807, 2.05) is 0 Å². The molecule has 2 rings (SSSR count). The first-order valence-corrected chi connectivity index (χ1v) is 6.75. The summed E-state index contributed by atoms with van der Waals surface area (Å²) in [6.45, 7) is 0. The first-order valence-electron chi connectivity index (χ1n) is 6.75. The van der Waals surface area contributed by atoms with Gasteiger partial charge in [0.15, 0.2) is 0 Å². The number of hydrogen-bond donors (Lipinski definition) is 4. The van der Waals surface area contributed by atoms with Crippen molar-refractivity contribution in [3.8, 4) is 37.0 Å². The van der Waals surface area contributed by atoms with E-state index in [2.05, 4.69) is 23.1 Å². The minimum absolute atomic E-state index is 0.206. The normalized spacial score (nSPS) is 9.38. The SMILES string of the molecule is C#Cc1cc(C#C)c(NC(=O)c2cc(N)c(N)c(N)c2)c(C#C)c1. The van der Waals surface area contributed by atoms with E-state index >= 15 is 0 Å². The molecule has 0 spiro atoms. The molecular formula is C19H14N4O. The smallest absolute Gasteiger partial charge is 0.255 e. The van der Waals surface area contributed by atoms with Crippen LogP contribution in [0.1, 0.15) is 27.0 Å². The van der Waals surface area contributed by atoms with Crippen molar-refractivity contribution in [2.45, 2.75) is 0 Å². The number of carbonyl (C=O) groups is 1. The molecule has 24 heavy (non-hydrogen) atoms. The van der Waals surface area contributed by atoms with Gasteiger partial charge in [0.05, 0.1) is 33.9 Å². The summed E-state index contributed by atoms with van der Waals surface area (Å²) in [6.07, 6.45) is 16.3. The number of benzene rings is 2. The molecular weight excluding hydrogens is 300 g/mol. The van der Waals surface area contributed by atoms with E-state index in [1.54, 1.807) is 12.1 Å². The van der Waals surface area contributed by atoms with Crippen LogP contribution in [0.25, 0.3) is 0 Å². The average molecular weight is 314 g/mol. The van der Waals surface area contributed by atoms with Gasteiger partial charge in [-0.05, 0) is 24.3 Å². The Labute approximate surface area is 140 Å². The predicted molar refractivity (Wildman–Crippen MR) is 97.9 cm³/mol. The standard InChI is InChI=1S/C19H14N4O/c1-4-11-7-12(5-2)18(13(6-3)8-11)23-19(24)14-9-15(20)17(22)16(21)10-14/h1-3,7-10H,20-22H2,(H,23,24). The van der Waals surface area contributed by atoms with Crippen LogP contribution in [0.3, 0.4) is 0 Å². The molecule has 0 heterocycles. The summed E-state index contributed by atoms with van der Waals surface area (Å²) in [4.78, 5) is 12.5. The third-order valence-electron chi connectivity index (χ3n) is 3.36. The fraction of sp³-hybridized carbons (Fsp3) is 0. The lowest BCUT2D eigenvalue weighted by molar-refractivity contribution is 0.102. The van der Waals surface area contributed by atoms with E-state index in [4.69, 9.17) is 36.5 Å². The van der Waals surface area contributed by atoms with Gasteiger partial charge in [0, 0.05) is 11.1 Å². The van der Waals surface area contributed by atoms with Crippen LogP contribution >= 0.6 is 0 Å². The molecule has 5 heteroatoms. The molecule has 2 aromatic rings. The highest BCUT2D eigenvalue weighted by atomic mass is 16.1. The zero-order valence-corrected chi connectivity index (χ0v) is 12.7. The molecule has 0 radical (unpaired) electrons. The molecule has 0 aliphatic carbocycles. The number of nitrogen functional groups attached to an aromatic ring is 3. The maximum Gasteiger partial charge on any atom is 0.255 e. The molecule has 0 aliphatic rings. The van der Waals surface area contributed by atoms with E-state index in [-0.39, 0.29) is 22.6 Å². The van der Waals surface area contributed by atoms with E-state index in [1.165, 1.54) is 12.1 Å². The summed E-state index contributed by atoms with van der Waals surface area (Å²) in [7, 11) is 0. The molecule has 0 bridgehead atoms. The Morgan fingerprint density at radius 3 is 1.79 bits per heavy atom. The number of nitrogens with two attached hydrogens (primary N) is 3. The summed E-state index contributed by atoms with van der Waals surface area (Å²) >= 11 is 0. The molecule has 0 unspecified atom stereocenters. The Bertz CT molecular complexity index is 910. The summed E-state index contributed by atoms with van der Waals surface area (Å²) in [5.74, 6) is 6.90. The van der Waals surface area contributed by atoms with E-state index < -0.39 is 5.91 Å². The average Bonchev–Trinajstić information content (AvgIpc) is 2.58. The number of terminal acetylenes is 3. The van der Waals surface area contributed by atoms with Crippen LogP contribution in [-0.2, 0) is 0 Å². The fourth-order valence-corrected chi connectivity index (χ4v) is 2.10. The molecule has 7 N–H and O–H groups in total. The van der Waals surface area contributed by atoms with Crippen LogP contribution in [-0.4, -0.2) is 5.91 Å². The van der Waals surface area contributed by atoms with Gasteiger partial charge in [-0.1, -0.05) is 17.8 Å². The van der Waals surface area contributed by atoms with Gasteiger partial charge in [0.2, 0.25) is 0 Å². The largest absolute Gasteiger partial charge is 0.397 e. The number of carbonyl (C=O) groups excluding carboxylic acids is 1. The third-order valence-corrected chi connectivity index (χ3v) is 3.36. The quantitative estimate of drug-likeness (QED) is 0.499. The molecule has 0 fully saturated rings. The van der Waals surface area contributed by atoms with Gasteiger partial charge in [-0.2, -0.15) is 0 Å². The highest BCUT2D eigenvalue weighted by Crippen LogP contribution is 2.27. The van der Waals surface area contributed by atoms with Crippen LogP contribution in [0.5, 0.6) is 0 Å².